The summed E-state index contributed by atoms with van der Waals surface area (Å²) in [5.41, 5.74) is 19.5. The number of phenols is 5. The summed E-state index contributed by atoms with van der Waals surface area (Å²) in [4.78, 5) is 61.7. The van der Waals surface area contributed by atoms with Crippen LogP contribution in [0.1, 0.15) is 198 Å². The Morgan fingerprint density at radius 2 is 0.618 bits per heavy atom. The maximum absolute atomic E-state index is 13.0. The molecule has 0 saturated heterocycles. The maximum atomic E-state index is 13.0. The van der Waals surface area contributed by atoms with E-state index in [-0.39, 0.29) is 116 Å². The third-order valence-electron chi connectivity index (χ3n) is 20.2. The van der Waals surface area contributed by atoms with Crippen LogP contribution in [-0.2, 0) is 42.1 Å². The van der Waals surface area contributed by atoms with Gasteiger partial charge in [0.1, 0.15) is 46.1 Å². The molecule has 110 heavy (non-hydrogen) atoms. The van der Waals surface area contributed by atoms with Gasteiger partial charge in [-0.05, 0) is 215 Å². The number of para-hydroxylation sites is 1. The van der Waals surface area contributed by atoms with Gasteiger partial charge in [-0.25, -0.2) is 12.8 Å². The number of anilines is 1. The van der Waals surface area contributed by atoms with Crippen molar-refractivity contribution < 1.29 is 71.8 Å². The van der Waals surface area contributed by atoms with Crippen molar-refractivity contribution in [2.75, 3.05) is 25.2 Å². The SMILES string of the molecule is COc1ccc(C(=O)N[C@@H]2CCc3cc(C)ccc32)c(O)c1.COc1ccc(C(=O)N[C@H]2CCc3cc(C)ccc32)c(O)c1.Cc1ccc2c(c1)CC[C@H]2NC(=O)c1ccc(F)cc1O.Cc1ccc2c(c1)CC[C@H]2NC(=O)c1ccc(NS(C)(=O)=O)cc1O.Cc1ccc2c(c1)CC[C@H]2NC(=O)c1ccccc1O. The Labute approximate surface area is 639 Å². The van der Waals surface area contributed by atoms with Crippen LogP contribution in [-0.4, -0.2) is 84.0 Å². The molecule has 5 atom stereocenters. The van der Waals surface area contributed by atoms with Crippen molar-refractivity contribution in [3.8, 4) is 40.2 Å². The standard InChI is InChI=1S/C18H20N2O4S.2C18H19NO3.C17H16FNO2.C17H17NO2/c1-11-3-6-14-12(9-11)4-8-16(14)19-18(22)15-7-5-13(10-17(15)21)20-25(2,23)24;2*1-11-3-6-14-12(9-11)4-8-16(14)19-18(21)15-7-5-13(22-2)10-17(15)20;1-10-2-5-13-11(8-10)3-7-15(13)19-17(21)14-6-4-12(18)9-16(14)20;1-11-6-8-13-12(10-11)7-9-15(13)18-17(20)14-4-2-3-5-16(14)19/h3,5-7,9-10,16,20-21H,4,8H2,1-2H3,(H,19,22);2*3,5-7,9-10,16,20H,4,8H2,1-2H3,(H,19,21);2,4-6,8-9,15,20H,3,7H2,1H3,(H,19,21);2-6,8,10,15,19H,7,9H2,1H3,(H,18,20)/t3*16-;2*15-/m11011/s1. The number of halogens is 1. The van der Waals surface area contributed by atoms with Crippen molar-refractivity contribution in [1.82, 2.24) is 26.6 Å². The first-order valence-corrected chi connectivity index (χ1v) is 38.3. The van der Waals surface area contributed by atoms with Gasteiger partial charge in [0.05, 0.1) is 84.2 Å². The number of fused-ring (bicyclic) bond motifs is 5. The van der Waals surface area contributed by atoms with Crippen LogP contribution in [0.15, 0.2) is 188 Å². The van der Waals surface area contributed by atoms with Crippen LogP contribution in [0.3, 0.4) is 0 Å². The number of benzene rings is 10. The predicted molar refractivity (Wildman–Crippen MR) is 421 cm³/mol. The number of ether oxygens (including phenoxy) is 2. The minimum atomic E-state index is -3.44. The minimum absolute atomic E-state index is 0.00426. The first-order valence-electron chi connectivity index (χ1n) is 36.4. The van der Waals surface area contributed by atoms with Crippen LogP contribution in [0.5, 0.6) is 40.2 Å². The molecule has 0 heterocycles. The number of hydrogen-bond donors (Lipinski definition) is 11. The van der Waals surface area contributed by atoms with Crippen molar-refractivity contribution in [3.05, 3.63) is 305 Å². The number of aryl methyl sites for hydroxylation is 10. The van der Waals surface area contributed by atoms with E-state index in [9.17, 15) is 62.3 Å². The van der Waals surface area contributed by atoms with E-state index in [1.54, 1.807) is 42.5 Å². The number of carbonyl (C=O) groups excluding carboxylic acids is 5. The third-order valence-corrected chi connectivity index (χ3v) is 20.8. The van der Waals surface area contributed by atoms with Crippen LogP contribution in [0.2, 0.25) is 0 Å². The maximum Gasteiger partial charge on any atom is 0.255 e. The average Bonchev–Trinajstić information content (AvgIpc) is 1.63. The highest BCUT2D eigenvalue weighted by Crippen LogP contribution is 2.39. The van der Waals surface area contributed by atoms with Gasteiger partial charge >= 0.3 is 0 Å². The summed E-state index contributed by atoms with van der Waals surface area (Å²) in [5, 5.41) is 64.3. The van der Waals surface area contributed by atoms with E-state index in [0.717, 1.165) is 87.7 Å². The Bertz CT molecular complexity index is 5140. The predicted octanol–water partition coefficient (Wildman–Crippen LogP) is 15.1. The Balaban J connectivity index is 0.000000137. The van der Waals surface area contributed by atoms with Crippen LogP contribution in [0.4, 0.5) is 10.1 Å². The lowest BCUT2D eigenvalue weighted by Gasteiger charge is -2.15. The van der Waals surface area contributed by atoms with E-state index in [1.165, 1.54) is 135 Å². The molecule has 0 saturated carbocycles. The normalized spacial score (nSPS) is 16.4. The number of methoxy groups -OCH3 is 2. The van der Waals surface area contributed by atoms with E-state index < -0.39 is 15.8 Å². The summed E-state index contributed by atoms with van der Waals surface area (Å²) in [6, 6.07) is 54.7. The van der Waals surface area contributed by atoms with E-state index in [1.807, 2.05) is 38.1 Å². The number of sulfonamides is 1. The largest absolute Gasteiger partial charge is 0.507 e. The summed E-state index contributed by atoms with van der Waals surface area (Å²) in [7, 11) is -0.405. The van der Waals surface area contributed by atoms with E-state index in [2.05, 4.69) is 119 Å². The number of nitrogens with one attached hydrogen (secondary N) is 6. The van der Waals surface area contributed by atoms with Gasteiger partial charge in [0, 0.05) is 24.3 Å². The third kappa shape index (κ3) is 19.6. The molecular formula is C88H91FN6O14S. The zero-order chi connectivity index (χ0) is 78.7. The Kier molecular flexibility index (Phi) is 25.0. The average molecular weight is 1510 g/mol. The lowest BCUT2D eigenvalue weighted by Crippen LogP contribution is -2.27. The van der Waals surface area contributed by atoms with Crippen molar-refractivity contribution >= 4 is 45.2 Å². The topological polar surface area (TPSA) is 311 Å². The van der Waals surface area contributed by atoms with Crippen LogP contribution >= 0.6 is 0 Å². The van der Waals surface area contributed by atoms with Gasteiger partial charge in [0.2, 0.25) is 10.0 Å². The number of carbonyl (C=O) groups is 5. The fourth-order valence-corrected chi connectivity index (χ4v) is 15.2. The summed E-state index contributed by atoms with van der Waals surface area (Å²) in [6.07, 6.45) is 10.1. The van der Waals surface area contributed by atoms with Gasteiger partial charge in [0.15, 0.2) is 0 Å². The molecule has 0 spiro atoms. The van der Waals surface area contributed by atoms with Crippen molar-refractivity contribution in [3.63, 3.8) is 0 Å². The van der Waals surface area contributed by atoms with Gasteiger partial charge in [-0.3, -0.25) is 28.7 Å². The molecule has 11 N–H and O–H groups in total. The first-order chi connectivity index (χ1) is 52.6. The molecule has 0 bridgehead atoms. The lowest BCUT2D eigenvalue weighted by molar-refractivity contribution is 0.0925. The molecule has 20 nitrogen and oxygen atoms in total. The molecule has 5 amide bonds. The minimum Gasteiger partial charge on any atom is -0.507 e. The highest BCUT2D eigenvalue weighted by atomic mass is 32.2. The van der Waals surface area contributed by atoms with Gasteiger partial charge < -0.3 is 61.6 Å². The second-order valence-electron chi connectivity index (χ2n) is 28.4. The second-order valence-corrected chi connectivity index (χ2v) is 30.1. The Morgan fingerprint density at radius 3 is 0.891 bits per heavy atom. The van der Waals surface area contributed by atoms with Gasteiger partial charge in [-0.1, -0.05) is 131 Å². The number of hydrogen-bond acceptors (Lipinski definition) is 14. The molecule has 0 radical (unpaired) electrons. The molecule has 0 aromatic heterocycles. The summed E-state index contributed by atoms with van der Waals surface area (Å²) < 4.78 is 47.7. The van der Waals surface area contributed by atoms with Crippen molar-refractivity contribution in [1.29, 1.82) is 0 Å². The molecule has 15 rings (SSSR count). The van der Waals surface area contributed by atoms with Gasteiger partial charge in [-0.2, -0.15) is 0 Å². The molecule has 0 aliphatic heterocycles. The fraction of sp³-hybridized carbons (Fsp3) is 0.261. The number of phenolic OH excluding ortho intramolecular Hbond substituents is 5. The molecule has 10 aromatic rings. The zero-order valence-corrected chi connectivity index (χ0v) is 63.4. The molecule has 10 aromatic carbocycles. The molecular weight excluding hydrogens is 1420 g/mol. The van der Waals surface area contributed by atoms with Crippen LogP contribution < -0.4 is 40.8 Å². The highest BCUT2D eigenvalue weighted by Gasteiger charge is 2.31. The summed E-state index contributed by atoms with van der Waals surface area (Å²) >= 11 is 0. The summed E-state index contributed by atoms with van der Waals surface area (Å²) in [6.45, 7) is 10.3. The van der Waals surface area contributed by atoms with Crippen LogP contribution in [0.25, 0.3) is 0 Å². The number of rotatable bonds is 14. The molecule has 5 aliphatic rings. The second kappa shape index (κ2) is 34.8. The number of amides is 5. The molecule has 570 valence electrons. The number of aromatic hydroxyl groups is 5. The highest BCUT2D eigenvalue weighted by molar-refractivity contribution is 7.92. The lowest BCUT2D eigenvalue weighted by atomic mass is 10.0. The van der Waals surface area contributed by atoms with E-state index >= 15 is 0 Å². The molecule has 22 heteroatoms. The first kappa shape index (κ1) is 78.9. The van der Waals surface area contributed by atoms with Gasteiger partial charge in [-0.15, -0.1) is 0 Å². The van der Waals surface area contributed by atoms with Crippen LogP contribution in [0, 0.1) is 40.4 Å². The molecule has 0 fully saturated rings. The van der Waals surface area contributed by atoms with Gasteiger partial charge in [0.25, 0.3) is 29.5 Å². The van der Waals surface area contributed by atoms with E-state index in [4.69, 9.17) is 9.47 Å². The smallest absolute Gasteiger partial charge is 0.255 e. The zero-order valence-electron chi connectivity index (χ0n) is 62.6. The van der Waals surface area contributed by atoms with Crippen molar-refractivity contribution in [2.24, 2.45) is 0 Å². The molecule has 0 unspecified atom stereocenters. The van der Waals surface area contributed by atoms with Crippen molar-refractivity contribution in [2.45, 2.75) is 129 Å². The fourth-order valence-electron chi connectivity index (χ4n) is 14.7. The Morgan fingerprint density at radius 1 is 0.345 bits per heavy atom. The molecule has 5 aliphatic carbocycles. The summed E-state index contributed by atoms with van der Waals surface area (Å²) in [5.74, 6) is -1.77. The Hall–Kier alpha value is -12.2. The van der Waals surface area contributed by atoms with E-state index in [0.29, 0.717) is 17.1 Å². The quantitative estimate of drug-likeness (QED) is 0.0482. The monoisotopic (exact) mass is 1510 g/mol.